The molecule has 0 aliphatic carbocycles. The van der Waals surface area contributed by atoms with E-state index in [0.29, 0.717) is 19.4 Å². The van der Waals surface area contributed by atoms with Crippen LogP contribution in [-0.4, -0.2) is 29.3 Å². The van der Waals surface area contributed by atoms with Crippen LogP contribution < -0.4 is 5.73 Å². The topological polar surface area (TPSA) is 63.4 Å². The SMILES string of the molecule is NC(=O)C1CCCN1C(=O)C=Cc1c(F)cccc1F. The Balaban J connectivity index is 2.15. The number of rotatable bonds is 3. The monoisotopic (exact) mass is 280 g/mol. The quantitative estimate of drug-likeness (QED) is 0.852. The molecule has 1 aliphatic rings. The molecule has 0 spiro atoms. The van der Waals surface area contributed by atoms with Gasteiger partial charge in [0.25, 0.3) is 0 Å². The molecule has 1 saturated heterocycles. The van der Waals surface area contributed by atoms with E-state index in [-0.39, 0.29) is 5.56 Å². The summed E-state index contributed by atoms with van der Waals surface area (Å²) >= 11 is 0. The molecule has 1 heterocycles. The average Bonchev–Trinajstić information content (AvgIpc) is 2.87. The van der Waals surface area contributed by atoms with Gasteiger partial charge in [-0.25, -0.2) is 8.78 Å². The van der Waals surface area contributed by atoms with Gasteiger partial charge < -0.3 is 10.6 Å². The summed E-state index contributed by atoms with van der Waals surface area (Å²) in [6.07, 6.45) is 3.33. The molecule has 1 unspecified atom stereocenters. The molecule has 0 saturated carbocycles. The summed E-state index contributed by atoms with van der Waals surface area (Å²) in [5, 5.41) is 0. The number of benzene rings is 1. The molecule has 6 heteroatoms. The van der Waals surface area contributed by atoms with Gasteiger partial charge in [0.05, 0.1) is 0 Å². The molecule has 1 atom stereocenters. The average molecular weight is 280 g/mol. The van der Waals surface area contributed by atoms with Crippen LogP contribution in [0.4, 0.5) is 8.78 Å². The molecular weight excluding hydrogens is 266 g/mol. The minimum absolute atomic E-state index is 0.282. The summed E-state index contributed by atoms with van der Waals surface area (Å²) in [5.74, 6) is -2.54. The molecule has 2 amide bonds. The highest BCUT2D eigenvalue weighted by Gasteiger charge is 2.31. The van der Waals surface area contributed by atoms with Crippen molar-refractivity contribution in [2.45, 2.75) is 18.9 Å². The van der Waals surface area contributed by atoms with Crippen LogP contribution >= 0.6 is 0 Å². The van der Waals surface area contributed by atoms with Gasteiger partial charge in [0, 0.05) is 18.2 Å². The second kappa shape index (κ2) is 5.81. The Morgan fingerprint density at radius 1 is 1.30 bits per heavy atom. The summed E-state index contributed by atoms with van der Waals surface area (Å²) in [7, 11) is 0. The Labute approximate surface area is 114 Å². The van der Waals surface area contributed by atoms with Gasteiger partial charge in [0.2, 0.25) is 11.8 Å². The lowest BCUT2D eigenvalue weighted by atomic mass is 10.1. The minimum Gasteiger partial charge on any atom is -0.368 e. The van der Waals surface area contributed by atoms with Crippen molar-refractivity contribution in [2.24, 2.45) is 5.73 Å². The van der Waals surface area contributed by atoms with Crippen molar-refractivity contribution in [2.75, 3.05) is 6.54 Å². The molecule has 20 heavy (non-hydrogen) atoms. The number of nitrogens with zero attached hydrogens (tertiary/aromatic N) is 1. The molecule has 1 aromatic rings. The molecule has 1 aliphatic heterocycles. The molecule has 106 valence electrons. The smallest absolute Gasteiger partial charge is 0.247 e. The minimum atomic E-state index is -0.748. The maximum atomic E-state index is 13.4. The Morgan fingerprint density at radius 2 is 1.95 bits per heavy atom. The third kappa shape index (κ3) is 2.84. The van der Waals surface area contributed by atoms with Gasteiger partial charge in [-0.05, 0) is 31.1 Å². The van der Waals surface area contributed by atoms with Crippen molar-refractivity contribution in [1.29, 1.82) is 0 Å². The van der Waals surface area contributed by atoms with E-state index in [2.05, 4.69) is 0 Å². The predicted molar refractivity (Wildman–Crippen MR) is 69.3 cm³/mol. The Morgan fingerprint density at radius 3 is 2.55 bits per heavy atom. The fourth-order valence-corrected chi connectivity index (χ4v) is 2.25. The highest BCUT2D eigenvalue weighted by atomic mass is 19.1. The van der Waals surface area contributed by atoms with Gasteiger partial charge in [-0.2, -0.15) is 0 Å². The molecule has 1 fully saturated rings. The van der Waals surface area contributed by atoms with Crippen molar-refractivity contribution in [3.05, 3.63) is 41.5 Å². The van der Waals surface area contributed by atoms with Crippen LogP contribution in [0.1, 0.15) is 18.4 Å². The molecule has 1 aromatic carbocycles. The van der Waals surface area contributed by atoms with E-state index in [0.717, 1.165) is 24.3 Å². The van der Waals surface area contributed by atoms with Crippen LogP contribution in [0.15, 0.2) is 24.3 Å². The van der Waals surface area contributed by atoms with Gasteiger partial charge in [0.15, 0.2) is 0 Å². The summed E-state index contributed by atoms with van der Waals surface area (Å²) in [4.78, 5) is 24.4. The first-order chi connectivity index (χ1) is 9.50. The van der Waals surface area contributed by atoms with Gasteiger partial charge in [0.1, 0.15) is 17.7 Å². The lowest BCUT2D eigenvalue weighted by Crippen LogP contribution is -2.43. The summed E-state index contributed by atoms with van der Waals surface area (Å²) in [6, 6.07) is 2.82. The number of primary amides is 1. The number of amides is 2. The number of hydrogen-bond acceptors (Lipinski definition) is 2. The van der Waals surface area contributed by atoms with Gasteiger partial charge >= 0.3 is 0 Å². The summed E-state index contributed by atoms with van der Waals surface area (Å²) in [5.41, 5.74) is 4.92. The third-order valence-corrected chi connectivity index (χ3v) is 3.26. The lowest BCUT2D eigenvalue weighted by Gasteiger charge is -2.20. The van der Waals surface area contributed by atoms with Crippen LogP contribution in [0.25, 0.3) is 6.08 Å². The maximum Gasteiger partial charge on any atom is 0.247 e. The van der Waals surface area contributed by atoms with Crippen LogP contribution in [-0.2, 0) is 9.59 Å². The van der Waals surface area contributed by atoms with E-state index in [1.165, 1.54) is 11.0 Å². The van der Waals surface area contributed by atoms with Gasteiger partial charge in [-0.3, -0.25) is 9.59 Å². The fraction of sp³-hybridized carbons (Fsp3) is 0.286. The summed E-state index contributed by atoms with van der Waals surface area (Å²) in [6.45, 7) is 0.413. The normalized spacial score (nSPS) is 18.7. The zero-order valence-electron chi connectivity index (χ0n) is 10.7. The van der Waals surface area contributed by atoms with Crippen molar-refractivity contribution in [3.8, 4) is 0 Å². The Kier molecular flexibility index (Phi) is 4.12. The first-order valence-electron chi connectivity index (χ1n) is 6.22. The molecule has 0 radical (unpaired) electrons. The first kappa shape index (κ1) is 14.2. The molecule has 4 nitrogen and oxygen atoms in total. The van der Waals surface area contributed by atoms with Crippen molar-refractivity contribution < 1.29 is 18.4 Å². The van der Waals surface area contributed by atoms with Gasteiger partial charge in [-0.15, -0.1) is 0 Å². The maximum absolute atomic E-state index is 13.4. The number of likely N-dealkylation sites (tertiary alicyclic amines) is 1. The molecule has 2 N–H and O–H groups in total. The summed E-state index contributed by atoms with van der Waals surface area (Å²) < 4.78 is 26.8. The third-order valence-electron chi connectivity index (χ3n) is 3.26. The Hall–Kier alpha value is -2.24. The Bertz CT molecular complexity index is 552. The van der Waals surface area contributed by atoms with Crippen LogP contribution in [0.2, 0.25) is 0 Å². The largest absolute Gasteiger partial charge is 0.368 e. The number of carbonyl (C=O) groups excluding carboxylic acids is 2. The zero-order chi connectivity index (χ0) is 14.7. The van der Waals surface area contributed by atoms with Gasteiger partial charge in [-0.1, -0.05) is 6.07 Å². The number of halogens is 2. The number of nitrogens with two attached hydrogens (primary N) is 1. The zero-order valence-corrected chi connectivity index (χ0v) is 10.7. The van der Waals surface area contributed by atoms with E-state index >= 15 is 0 Å². The van der Waals surface area contributed by atoms with Crippen molar-refractivity contribution in [1.82, 2.24) is 4.90 Å². The van der Waals surface area contributed by atoms with Crippen molar-refractivity contribution >= 4 is 17.9 Å². The highest BCUT2D eigenvalue weighted by Crippen LogP contribution is 2.18. The van der Waals surface area contributed by atoms with E-state index in [1.54, 1.807) is 0 Å². The highest BCUT2D eigenvalue weighted by molar-refractivity contribution is 5.95. The lowest BCUT2D eigenvalue weighted by molar-refractivity contribution is -0.133. The second-order valence-electron chi connectivity index (χ2n) is 4.56. The molecule has 0 bridgehead atoms. The molecular formula is C14H14F2N2O2. The van der Waals surface area contributed by atoms with E-state index < -0.39 is 29.5 Å². The van der Waals surface area contributed by atoms with E-state index in [1.807, 2.05) is 0 Å². The number of hydrogen-bond donors (Lipinski definition) is 1. The predicted octanol–water partition coefficient (Wildman–Crippen LogP) is 1.45. The van der Waals surface area contributed by atoms with E-state index in [9.17, 15) is 18.4 Å². The van der Waals surface area contributed by atoms with Crippen LogP contribution in [0.3, 0.4) is 0 Å². The second-order valence-corrected chi connectivity index (χ2v) is 4.56. The van der Waals surface area contributed by atoms with Crippen LogP contribution in [0.5, 0.6) is 0 Å². The first-order valence-corrected chi connectivity index (χ1v) is 6.22. The number of carbonyl (C=O) groups is 2. The standard InChI is InChI=1S/C14H14F2N2O2/c15-10-3-1-4-11(16)9(10)6-7-13(19)18-8-2-5-12(18)14(17)20/h1,3-4,6-7,12H,2,5,8H2,(H2,17,20). The fourth-order valence-electron chi connectivity index (χ4n) is 2.25. The van der Waals surface area contributed by atoms with Crippen LogP contribution in [0, 0.1) is 11.6 Å². The molecule has 2 rings (SSSR count). The van der Waals surface area contributed by atoms with Crippen molar-refractivity contribution in [3.63, 3.8) is 0 Å². The van der Waals surface area contributed by atoms with E-state index in [4.69, 9.17) is 5.73 Å². The molecule has 0 aromatic heterocycles.